The van der Waals surface area contributed by atoms with Gasteiger partial charge in [-0.1, -0.05) is 12.1 Å². The zero-order valence-corrected chi connectivity index (χ0v) is 9.60. The number of rotatable bonds is 2. The minimum atomic E-state index is 0.736. The lowest BCUT2D eigenvalue weighted by Gasteiger charge is -2.03. The Hall–Kier alpha value is -1.41. The van der Waals surface area contributed by atoms with Crippen molar-refractivity contribution in [3.8, 4) is 11.1 Å². The number of aldehydes is 1. The molecule has 1 aromatic carbocycles. The number of carbonyl (C=O) groups is 1. The van der Waals surface area contributed by atoms with E-state index in [4.69, 9.17) is 0 Å². The highest BCUT2D eigenvalue weighted by molar-refractivity contribution is 7.10. The first-order chi connectivity index (χ1) is 7.20. The van der Waals surface area contributed by atoms with Gasteiger partial charge in [0.15, 0.2) is 0 Å². The van der Waals surface area contributed by atoms with Crippen LogP contribution < -0.4 is 0 Å². The van der Waals surface area contributed by atoms with Crippen LogP contribution in [0.4, 0.5) is 0 Å². The van der Waals surface area contributed by atoms with Crippen LogP contribution in [0.15, 0.2) is 29.6 Å². The average Bonchev–Trinajstić information content (AvgIpc) is 2.65. The molecule has 1 nitrogen and oxygen atoms in total. The van der Waals surface area contributed by atoms with Crippen LogP contribution in [-0.2, 0) is 0 Å². The van der Waals surface area contributed by atoms with Crippen LogP contribution in [0.2, 0.25) is 0 Å². The fourth-order valence-corrected chi connectivity index (χ4v) is 2.31. The Balaban J connectivity index is 2.55. The second-order valence-corrected chi connectivity index (χ2v) is 4.75. The van der Waals surface area contributed by atoms with Crippen LogP contribution in [0.5, 0.6) is 0 Å². The third-order valence-electron chi connectivity index (χ3n) is 2.44. The molecule has 2 heteroatoms. The third kappa shape index (κ3) is 2.00. The van der Waals surface area contributed by atoms with Crippen molar-refractivity contribution in [3.63, 3.8) is 0 Å². The molecule has 0 saturated heterocycles. The van der Waals surface area contributed by atoms with Crippen molar-refractivity contribution in [2.24, 2.45) is 0 Å². The predicted octanol–water partition coefficient (Wildman–Crippen LogP) is 3.84. The highest BCUT2D eigenvalue weighted by Crippen LogP contribution is 2.28. The summed E-state index contributed by atoms with van der Waals surface area (Å²) in [6.07, 6.45) is 0.891. The first-order valence-electron chi connectivity index (χ1n) is 4.82. The van der Waals surface area contributed by atoms with Crippen molar-refractivity contribution in [1.82, 2.24) is 0 Å². The van der Waals surface area contributed by atoms with E-state index in [0.29, 0.717) is 0 Å². The van der Waals surface area contributed by atoms with E-state index < -0.39 is 0 Å². The van der Waals surface area contributed by atoms with Crippen LogP contribution >= 0.6 is 11.3 Å². The summed E-state index contributed by atoms with van der Waals surface area (Å²) in [4.78, 5) is 12.0. The molecule has 0 atom stereocenters. The van der Waals surface area contributed by atoms with Crippen molar-refractivity contribution in [2.75, 3.05) is 0 Å². The van der Waals surface area contributed by atoms with Gasteiger partial charge in [-0.25, -0.2) is 0 Å². The molecule has 0 spiro atoms. The molecular formula is C13H12OS. The van der Waals surface area contributed by atoms with Crippen molar-refractivity contribution < 1.29 is 4.79 Å². The zero-order valence-electron chi connectivity index (χ0n) is 8.78. The summed E-state index contributed by atoms with van der Waals surface area (Å²) in [5.41, 5.74) is 4.31. The van der Waals surface area contributed by atoms with E-state index in [-0.39, 0.29) is 0 Å². The topological polar surface area (TPSA) is 17.1 Å². The Bertz CT molecular complexity index is 497. The summed E-state index contributed by atoms with van der Waals surface area (Å²) in [5, 5.41) is 2.13. The minimum absolute atomic E-state index is 0.736. The van der Waals surface area contributed by atoms with Gasteiger partial charge in [-0.3, -0.25) is 4.79 Å². The molecule has 0 aliphatic carbocycles. The SMILES string of the molecule is Cc1cc(-c2cc(C=O)ccc2C)cs1. The molecule has 0 amide bonds. The molecule has 2 rings (SSSR count). The molecule has 76 valence electrons. The van der Waals surface area contributed by atoms with E-state index in [1.54, 1.807) is 11.3 Å². The van der Waals surface area contributed by atoms with Gasteiger partial charge < -0.3 is 0 Å². The molecule has 2 aromatic rings. The average molecular weight is 216 g/mol. The van der Waals surface area contributed by atoms with E-state index in [0.717, 1.165) is 17.4 Å². The fourth-order valence-electron chi connectivity index (χ4n) is 1.61. The zero-order chi connectivity index (χ0) is 10.8. The Labute approximate surface area is 93.4 Å². The highest BCUT2D eigenvalue weighted by atomic mass is 32.1. The fraction of sp³-hybridized carbons (Fsp3) is 0.154. The van der Waals surface area contributed by atoms with Crippen LogP contribution in [0.3, 0.4) is 0 Å². The normalized spacial score (nSPS) is 10.3. The number of hydrogen-bond donors (Lipinski definition) is 0. The van der Waals surface area contributed by atoms with Gasteiger partial charge in [-0.2, -0.15) is 0 Å². The first-order valence-corrected chi connectivity index (χ1v) is 5.70. The van der Waals surface area contributed by atoms with Gasteiger partial charge in [0.1, 0.15) is 6.29 Å². The molecule has 0 fully saturated rings. The van der Waals surface area contributed by atoms with Gasteiger partial charge in [-0.15, -0.1) is 11.3 Å². The lowest BCUT2D eigenvalue weighted by atomic mass is 10.0. The Morgan fingerprint density at radius 1 is 1.20 bits per heavy atom. The van der Waals surface area contributed by atoms with Gasteiger partial charge in [0.05, 0.1) is 0 Å². The number of thiophene rings is 1. The van der Waals surface area contributed by atoms with Gasteiger partial charge in [0.2, 0.25) is 0 Å². The molecule has 15 heavy (non-hydrogen) atoms. The van der Waals surface area contributed by atoms with Crippen LogP contribution in [0, 0.1) is 13.8 Å². The summed E-state index contributed by atoms with van der Waals surface area (Å²) >= 11 is 1.73. The van der Waals surface area contributed by atoms with Crippen molar-refractivity contribution in [2.45, 2.75) is 13.8 Å². The standard InChI is InChI=1S/C13H12OS/c1-9-3-4-11(7-14)6-13(9)12-5-10(2)15-8-12/h3-8H,1-2H3. The van der Waals surface area contributed by atoms with E-state index in [9.17, 15) is 4.79 Å². The second kappa shape index (κ2) is 3.99. The van der Waals surface area contributed by atoms with Crippen LogP contribution in [0.1, 0.15) is 20.8 Å². The molecule has 0 aliphatic rings. The molecular weight excluding hydrogens is 204 g/mol. The Morgan fingerprint density at radius 2 is 2.00 bits per heavy atom. The molecule has 1 heterocycles. The smallest absolute Gasteiger partial charge is 0.150 e. The third-order valence-corrected chi connectivity index (χ3v) is 3.30. The van der Waals surface area contributed by atoms with Crippen LogP contribution in [-0.4, -0.2) is 6.29 Å². The molecule has 0 N–H and O–H groups in total. The minimum Gasteiger partial charge on any atom is -0.298 e. The quantitative estimate of drug-likeness (QED) is 0.697. The predicted molar refractivity (Wildman–Crippen MR) is 64.6 cm³/mol. The lowest BCUT2D eigenvalue weighted by molar-refractivity contribution is 0.112. The van der Waals surface area contributed by atoms with E-state index in [2.05, 4.69) is 25.3 Å². The number of aryl methyl sites for hydroxylation is 2. The number of hydrogen-bond acceptors (Lipinski definition) is 2. The van der Waals surface area contributed by atoms with Crippen LogP contribution in [0.25, 0.3) is 11.1 Å². The maximum Gasteiger partial charge on any atom is 0.150 e. The maximum absolute atomic E-state index is 10.7. The van der Waals surface area contributed by atoms with Gasteiger partial charge >= 0.3 is 0 Å². The molecule has 1 aromatic heterocycles. The van der Waals surface area contributed by atoms with E-state index >= 15 is 0 Å². The molecule has 0 aliphatic heterocycles. The van der Waals surface area contributed by atoms with E-state index in [1.807, 2.05) is 18.2 Å². The molecule has 0 unspecified atom stereocenters. The summed E-state index contributed by atoms with van der Waals surface area (Å²) < 4.78 is 0. The monoisotopic (exact) mass is 216 g/mol. The first kappa shape index (κ1) is 10.1. The molecule has 0 saturated carbocycles. The second-order valence-electron chi connectivity index (χ2n) is 3.64. The summed E-state index contributed by atoms with van der Waals surface area (Å²) in [7, 11) is 0. The highest BCUT2D eigenvalue weighted by Gasteiger charge is 2.04. The van der Waals surface area contributed by atoms with Crippen molar-refractivity contribution in [3.05, 3.63) is 45.6 Å². The van der Waals surface area contributed by atoms with E-state index in [1.165, 1.54) is 16.0 Å². The van der Waals surface area contributed by atoms with Crippen molar-refractivity contribution >= 4 is 17.6 Å². The van der Waals surface area contributed by atoms with Gasteiger partial charge in [0.25, 0.3) is 0 Å². The maximum atomic E-state index is 10.7. The number of benzene rings is 1. The van der Waals surface area contributed by atoms with Gasteiger partial charge in [-0.05, 0) is 48.1 Å². The molecule has 0 radical (unpaired) electrons. The number of carbonyl (C=O) groups excluding carboxylic acids is 1. The van der Waals surface area contributed by atoms with Gasteiger partial charge in [0, 0.05) is 10.4 Å². The largest absolute Gasteiger partial charge is 0.298 e. The Morgan fingerprint density at radius 3 is 2.60 bits per heavy atom. The summed E-state index contributed by atoms with van der Waals surface area (Å²) in [5.74, 6) is 0. The molecule has 0 bridgehead atoms. The van der Waals surface area contributed by atoms with Crippen molar-refractivity contribution in [1.29, 1.82) is 0 Å². The Kier molecular flexibility index (Phi) is 2.69. The summed E-state index contributed by atoms with van der Waals surface area (Å²) in [6.45, 7) is 4.16. The summed E-state index contributed by atoms with van der Waals surface area (Å²) in [6, 6.07) is 7.95. The lowest BCUT2D eigenvalue weighted by Crippen LogP contribution is -1.85.